The summed E-state index contributed by atoms with van der Waals surface area (Å²) in [6.07, 6.45) is 0.404. The zero-order chi connectivity index (χ0) is 17.5. The molecule has 6 nitrogen and oxygen atoms in total. The summed E-state index contributed by atoms with van der Waals surface area (Å²) in [5, 5.41) is 13.5. The Bertz CT molecular complexity index is 879. The molecule has 1 aliphatic rings. The fourth-order valence-corrected chi connectivity index (χ4v) is 3.01. The standard InChI is InChI=1S/C18H20N4O2/c1-18(2)10-13-6-5-12(11-19)9-14(13)17(24-18)21(3)15-7-8-16(23)22(4)20-15/h5-9,17H,10H2,1-4H3. The number of benzene rings is 1. The molecule has 0 saturated heterocycles. The lowest BCUT2D eigenvalue weighted by atomic mass is 9.89. The summed E-state index contributed by atoms with van der Waals surface area (Å²) in [6, 6.07) is 11.0. The van der Waals surface area contributed by atoms with E-state index in [1.807, 2.05) is 44.0 Å². The minimum Gasteiger partial charge on any atom is -0.348 e. The molecule has 0 saturated carbocycles. The van der Waals surface area contributed by atoms with E-state index in [0.717, 1.165) is 17.5 Å². The molecule has 2 heterocycles. The Balaban J connectivity index is 2.07. The minimum absolute atomic E-state index is 0.163. The maximum atomic E-state index is 11.6. The number of hydrogen-bond donors (Lipinski definition) is 0. The normalized spacial score (nSPS) is 18.5. The largest absolute Gasteiger partial charge is 0.348 e. The first-order valence-electron chi connectivity index (χ1n) is 7.79. The van der Waals surface area contributed by atoms with Crippen LogP contribution < -0.4 is 10.5 Å². The molecule has 1 atom stereocenters. The van der Waals surface area contributed by atoms with Crippen molar-refractivity contribution in [1.29, 1.82) is 5.26 Å². The molecule has 0 amide bonds. The van der Waals surface area contributed by atoms with E-state index in [2.05, 4.69) is 11.2 Å². The van der Waals surface area contributed by atoms with Crippen molar-refractivity contribution < 1.29 is 4.74 Å². The topological polar surface area (TPSA) is 71.2 Å². The summed E-state index contributed by atoms with van der Waals surface area (Å²) in [7, 11) is 3.49. The maximum Gasteiger partial charge on any atom is 0.266 e. The Kier molecular flexibility index (Phi) is 3.90. The first-order valence-corrected chi connectivity index (χ1v) is 7.79. The molecular weight excluding hydrogens is 304 g/mol. The van der Waals surface area contributed by atoms with Crippen molar-refractivity contribution in [3.05, 3.63) is 57.4 Å². The molecule has 0 bridgehead atoms. The van der Waals surface area contributed by atoms with Gasteiger partial charge < -0.3 is 9.64 Å². The SMILES string of the molecule is CN(c1ccc(=O)n(C)n1)C1OC(C)(C)Cc2ccc(C#N)cc21. The van der Waals surface area contributed by atoms with Gasteiger partial charge >= 0.3 is 0 Å². The van der Waals surface area contributed by atoms with Crippen LogP contribution in [0.1, 0.15) is 36.8 Å². The summed E-state index contributed by atoms with van der Waals surface area (Å²) in [6.45, 7) is 4.09. The summed E-state index contributed by atoms with van der Waals surface area (Å²) in [5.41, 5.74) is 2.23. The van der Waals surface area contributed by atoms with Gasteiger partial charge in [0.2, 0.25) is 0 Å². The number of nitrogens with zero attached hydrogens (tertiary/aromatic N) is 4. The van der Waals surface area contributed by atoms with Gasteiger partial charge in [-0.1, -0.05) is 6.07 Å². The van der Waals surface area contributed by atoms with Gasteiger partial charge in [-0.15, -0.1) is 0 Å². The van der Waals surface area contributed by atoms with E-state index < -0.39 is 0 Å². The summed E-state index contributed by atoms with van der Waals surface area (Å²) in [4.78, 5) is 13.5. The molecule has 1 aliphatic heterocycles. The molecule has 1 aromatic heterocycles. The number of ether oxygens (including phenoxy) is 1. The van der Waals surface area contributed by atoms with Crippen LogP contribution >= 0.6 is 0 Å². The molecule has 3 rings (SSSR count). The lowest BCUT2D eigenvalue weighted by molar-refractivity contribution is -0.0839. The van der Waals surface area contributed by atoms with Crippen LogP contribution in [0.4, 0.5) is 5.82 Å². The van der Waals surface area contributed by atoms with Gasteiger partial charge in [-0.05, 0) is 37.6 Å². The first kappa shape index (κ1) is 16.2. The lowest BCUT2D eigenvalue weighted by Crippen LogP contribution is -2.41. The van der Waals surface area contributed by atoms with Gasteiger partial charge in [-0.3, -0.25) is 4.79 Å². The van der Waals surface area contributed by atoms with E-state index in [0.29, 0.717) is 11.4 Å². The molecule has 0 N–H and O–H groups in total. The zero-order valence-electron chi connectivity index (χ0n) is 14.3. The van der Waals surface area contributed by atoms with Gasteiger partial charge in [-0.25, -0.2) is 4.68 Å². The number of anilines is 1. The van der Waals surface area contributed by atoms with Crippen molar-refractivity contribution in [2.45, 2.75) is 32.1 Å². The van der Waals surface area contributed by atoms with Crippen LogP contribution in [-0.4, -0.2) is 22.4 Å². The van der Waals surface area contributed by atoms with E-state index in [9.17, 15) is 10.1 Å². The number of fused-ring (bicyclic) bond motifs is 1. The van der Waals surface area contributed by atoms with Crippen molar-refractivity contribution in [2.24, 2.45) is 7.05 Å². The van der Waals surface area contributed by atoms with Crippen LogP contribution in [0.25, 0.3) is 0 Å². The molecule has 0 radical (unpaired) electrons. The average molecular weight is 324 g/mol. The number of nitriles is 1. The molecular formula is C18H20N4O2. The molecule has 1 unspecified atom stereocenters. The lowest BCUT2D eigenvalue weighted by Gasteiger charge is -2.41. The Labute approximate surface area is 140 Å². The van der Waals surface area contributed by atoms with E-state index in [4.69, 9.17) is 4.74 Å². The maximum absolute atomic E-state index is 11.6. The Hall–Kier alpha value is -2.65. The molecule has 0 fully saturated rings. The van der Waals surface area contributed by atoms with Crippen molar-refractivity contribution in [3.63, 3.8) is 0 Å². The second-order valence-electron chi connectivity index (χ2n) is 6.70. The number of aromatic nitrogens is 2. The second-order valence-corrected chi connectivity index (χ2v) is 6.70. The van der Waals surface area contributed by atoms with E-state index in [1.165, 1.54) is 10.7 Å². The highest BCUT2D eigenvalue weighted by atomic mass is 16.5. The number of rotatable bonds is 2. The Morgan fingerprint density at radius 3 is 2.79 bits per heavy atom. The molecule has 24 heavy (non-hydrogen) atoms. The third-order valence-corrected chi connectivity index (χ3v) is 4.25. The monoisotopic (exact) mass is 324 g/mol. The third kappa shape index (κ3) is 2.91. The second kappa shape index (κ2) is 5.77. The van der Waals surface area contributed by atoms with Crippen LogP contribution in [-0.2, 0) is 18.2 Å². The van der Waals surface area contributed by atoms with Gasteiger partial charge in [0.1, 0.15) is 0 Å². The van der Waals surface area contributed by atoms with Crippen LogP contribution in [0.15, 0.2) is 35.1 Å². The highest BCUT2D eigenvalue weighted by Crippen LogP contribution is 2.38. The zero-order valence-corrected chi connectivity index (χ0v) is 14.3. The first-order chi connectivity index (χ1) is 11.3. The average Bonchev–Trinajstić information content (AvgIpc) is 2.55. The predicted molar refractivity (Wildman–Crippen MR) is 90.6 cm³/mol. The number of aryl methyl sites for hydroxylation is 1. The molecule has 1 aromatic carbocycles. The quantitative estimate of drug-likeness (QED) is 0.846. The molecule has 2 aromatic rings. The van der Waals surface area contributed by atoms with Crippen molar-refractivity contribution in [2.75, 3.05) is 11.9 Å². The van der Waals surface area contributed by atoms with Gasteiger partial charge in [0.25, 0.3) is 5.56 Å². The van der Waals surface area contributed by atoms with Gasteiger partial charge in [-0.2, -0.15) is 10.4 Å². The Morgan fingerprint density at radius 2 is 2.12 bits per heavy atom. The van der Waals surface area contributed by atoms with Crippen molar-refractivity contribution >= 4 is 5.82 Å². The van der Waals surface area contributed by atoms with Crippen molar-refractivity contribution in [3.8, 4) is 6.07 Å². The Morgan fingerprint density at radius 1 is 1.38 bits per heavy atom. The van der Waals surface area contributed by atoms with Gasteiger partial charge in [0.15, 0.2) is 12.0 Å². The molecule has 6 heteroatoms. The molecule has 124 valence electrons. The third-order valence-electron chi connectivity index (χ3n) is 4.25. The van der Waals surface area contributed by atoms with Crippen molar-refractivity contribution in [1.82, 2.24) is 9.78 Å². The summed E-state index contributed by atoms with van der Waals surface area (Å²) < 4.78 is 7.57. The van der Waals surface area contributed by atoms with Crippen LogP contribution in [0.2, 0.25) is 0 Å². The summed E-state index contributed by atoms with van der Waals surface area (Å²) in [5.74, 6) is 0.633. The number of hydrogen-bond acceptors (Lipinski definition) is 5. The van der Waals surface area contributed by atoms with Crippen LogP contribution in [0.5, 0.6) is 0 Å². The van der Waals surface area contributed by atoms with Gasteiger partial charge in [0, 0.05) is 32.1 Å². The van der Waals surface area contributed by atoms with Crippen LogP contribution in [0.3, 0.4) is 0 Å². The van der Waals surface area contributed by atoms with E-state index >= 15 is 0 Å². The molecule has 0 spiro atoms. The van der Waals surface area contributed by atoms with E-state index in [-0.39, 0.29) is 17.4 Å². The highest BCUT2D eigenvalue weighted by Gasteiger charge is 2.35. The fourth-order valence-electron chi connectivity index (χ4n) is 3.01. The summed E-state index contributed by atoms with van der Waals surface area (Å²) >= 11 is 0. The van der Waals surface area contributed by atoms with Crippen LogP contribution in [0, 0.1) is 11.3 Å². The molecule has 0 aliphatic carbocycles. The highest BCUT2D eigenvalue weighted by molar-refractivity contribution is 5.46. The smallest absolute Gasteiger partial charge is 0.266 e. The minimum atomic E-state index is -0.373. The fraction of sp³-hybridized carbons (Fsp3) is 0.389. The van der Waals surface area contributed by atoms with Gasteiger partial charge in [0.05, 0.1) is 17.2 Å². The predicted octanol–water partition coefficient (Wildman–Crippen LogP) is 2.14. The van der Waals surface area contributed by atoms with E-state index in [1.54, 1.807) is 13.1 Å².